The molecule has 16 heavy (non-hydrogen) atoms. The second kappa shape index (κ2) is 5.76. The molecule has 0 radical (unpaired) electrons. The molecule has 1 N–H and O–H groups in total. The molecule has 0 aliphatic heterocycles. The van der Waals surface area contributed by atoms with Crippen LogP contribution in [0.1, 0.15) is 12.0 Å². The molecule has 0 bridgehead atoms. The van der Waals surface area contributed by atoms with E-state index in [4.69, 9.17) is 9.84 Å². The molecular weight excluding hydrogens is 211 g/mol. The summed E-state index contributed by atoms with van der Waals surface area (Å²) in [5.41, 5.74) is 0.691. The van der Waals surface area contributed by atoms with Crippen molar-refractivity contribution in [2.24, 2.45) is 0 Å². The standard InChI is InChI=1S/C12H11FO3/c1-16-11-7-6-9(8-10(11)13)4-2-3-5-12(14)15/h6-8H,4-5H2,1H3,(H,14,15). The van der Waals surface area contributed by atoms with Crippen LogP contribution < -0.4 is 4.74 Å². The van der Waals surface area contributed by atoms with Crippen LogP contribution in [-0.4, -0.2) is 18.2 Å². The molecule has 0 saturated carbocycles. The Kier molecular flexibility index (Phi) is 4.34. The number of aliphatic carboxylic acids is 1. The largest absolute Gasteiger partial charge is 0.494 e. The van der Waals surface area contributed by atoms with E-state index in [2.05, 4.69) is 11.8 Å². The van der Waals surface area contributed by atoms with Gasteiger partial charge in [-0.2, -0.15) is 0 Å². The number of hydrogen-bond donors (Lipinski definition) is 1. The number of rotatable bonds is 3. The molecule has 0 aliphatic rings. The topological polar surface area (TPSA) is 46.5 Å². The van der Waals surface area contributed by atoms with E-state index in [1.807, 2.05) is 0 Å². The van der Waals surface area contributed by atoms with Crippen molar-refractivity contribution in [3.63, 3.8) is 0 Å². The van der Waals surface area contributed by atoms with Crippen molar-refractivity contribution in [1.82, 2.24) is 0 Å². The van der Waals surface area contributed by atoms with E-state index in [0.717, 1.165) is 0 Å². The fourth-order valence-electron chi connectivity index (χ4n) is 1.12. The summed E-state index contributed by atoms with van der Waals surface area (Å²) >= 11 is 0. The molecule has 1 rings (SSSR count). The lowest BCUT2D eigenvalue weighted by Gasteiger charge is -2.02. The SMILES string of the molecule is COc1ccc(CC#CCC(=O)O)cc1F. The van der Waals surface area contributed by atoms with Crippen molar-refractivity contribution in [2.45, 2.75) is 12.8 Å². The molecular formula is C12H11FO3. The average Bonchev–Trinajstić information content (AvgIpc) is 2.24. The highest BCUT2D eigenvalue weighted by atomic mass is 19.1. The summed E-state index contributed by atoms with van der Waals surface area (Å²) in [4.78, 5) is 10.2. The second-order valence-electron chi connectivity index (χ2n) is 3.07. The summed E-state index contributed by atoms with van der Waals surface area (Å²) in [5.74, 6) is 3.91. The molecule has 0 fully saturated rings. The molecule has 0 unspecified atom stereocenters. The zero-order chi connectivity index (χ0) is 12.0. The minimum Gasteiger partial charge on any atom is -0.494 e. The van der Waals surface area contributed by atoms with E-state index in [9.17, 15) is 9.18 Å². The Bertz CT molecular complexity index is 443. The minimum absolute atomic E-state index is 0.183. The van der Waals surface area contributed by atoms with Crippen LogP contribution >= 0.6 is 0 Å². The van der Waals surface area contributed by atoms with E-state index in [0.29, 0.717) is 12.0 Å². The Labute approximate surface area is 92.9 Å². The van der Waals surface area contributed by atoms with Crippen molar-refractivity contribution >= 4 is 5.97 Å². The Balaban J connectivity index is 2.64. The third kappa shape index (κ3) is 3.62. The van der Waals surface area contributed by atoms with Gasteiger partial charge in [0, 0.05) is 6.42 Å². The third-order valence-corrected chi connectivity index (χ3v) is 1.87. The van der Waals surface area contributed by atoms with Gasteiger partial charge in [0.2, 0.25) is 0 Å². The van der Waals surface area contributed by atoms with E-state index in [1.54, 1.807) is 6.07 Å². The molecule has 0 amide bonds. The molecule has 0 aromatic heterocycles. The molecule has 3 nitrogen and oxygen atoms in total. The first kappa shape index (κ1) is 12.1. The molecule has 0 heterocycles. The van der Waals surface area contributed by atoms with E-state index >= 15 is 0 Å². The number of ether oxygens (including phenoxy) is 1. The fraction of sp³-hybridized carbons (Fsp3) is 0.250. The summed E-state index contributed by atoms with van der Waals surface area (Å²) in [6, 6.07) is 4.54. The van der Waals surface area contributed by atoms with Gasteiger partial charge in [-0.1, -0.05) is 17.9 Å². The first-order valence-corrected chi connectivity index (χ1v) is 4.63. The summed E-state index contributed by atoms with van der Waals surface area (Å²) in [5, 5.41) is 8.34. The number of carboxylic acid groups (broad SMARTS) is 1. The van der Waals surface area contributed by atoms with E-state index in [-0.39, 0.29) is 12.2 Å². The van der Waals surface area contributed by atoms with Crippen molar-refractivity contribution in [2.75, 3.05) is 7.11 Å². The van der Waals surface area contributed by atoms with Crippen LogP contribution in [0.3, 0.4) is 0 Å². The molecule has 0 atom stereocenters. The van der Waals surface area contributed by atoms with Gasteiger partial charge in [0.15, 0.2) is 11.6 Å². The molecule has 1 aromatic carbocycles. The van der Waals surface area contributed by atoms with Crippen LogP contribution in [0.2, 0.25) is 0 Å². The zero-order valence-electron chi connectivity index (χ0n) is 8.79. The predicted octanol–water partition coefficient (Wildman–Crippen LogP) is 1.85. The molecule has 0 spiro atoms. The smallest absolute Gasteiger partial charge is 0.315 e. The monoisotopic (exact) mass is 222 g/mol. The highest BCUT2D eigenvalue weighted by Gasteiger charge is 2.01. The highest BCUT2D eigenvalue weighted by Crippen LogP contribution is 2.17. The number of halogens is 1. The van der Waals surface area contributed by atoms with Gasteiger partial charge in [-0.05, 0) is 17.7 Å². The predicted molar refractivity (Wildman–Crippen MR) is 56.7 cm³/mol. The van der Waals surface area contributed by atoms with Gasteiger partial charge < -0.3 is 9.84 Å². The maximum Gasteiger partial charge on any atom is 0.315 e. The Hall–Kier alpha value is -2.02. The maximum absolute atomic E-state index is 13.2. The van der Waals surface area contributed by atoms with Gasteiger partial charge in [-0.3, -0.25) is 4.79 Å². The lowest BCUT2D eigenvalue weighted by Crippen LogP contribution is -1.92. The van der Waals surface area contributed by atoms with Gasteiger partial charge >= 0.3 is 5.97 Å². The Morgan fingerprint density at radius 2 is 2.25 bits per heavy atom. The fourth-order valence-corrected chi connectivity index (χ4v) is 1.12. The molecule has 0 aliphatic carbocycles. The lowest BCUT2D eigenvalue weighted by molar-refractivity contribution is -0.135. The van der Waals surface area contributed by atoms with Crippen molar-refractivity contribution in [1.29, 1.82) is 0 Å². The van der Waals surface area contributed by atoms with Crippen molar-refractivity contribution < 1.29 is 19.0 Å². The summed E-state index contributed by atoms with van der Waals surface area (Å²) in [6.07, 6.45) is 0.132. The normalized spacial score (nSPS) is 9.12. The van der Waals surface area contributed by atoms with Gasteiger partial charge in [0.1, 0.15) is 6.42 Å². The molecule has 84 valence electrons. The summed E-state index contributed by atoms with van der Waals surface area (Å²) in [7, 11) is 1.39. The van der Waals surface area contributed by atoms with E-state index < -0.39 is 11.8 Å². The lowest BCUT2D eigenvalue weighted by atomic mass is 10.1. The summed E-state index contributed by atoms with van der Waals surface area (Å²) in [6.45, 7) is 0. The van der Waals surface area contributed by atoms with Crippen LogP contribution in [-0.2, 0) is 11.2 Å². The minimum atomic E-state index is -0.964. The quantitative estimate of drug-likeness (QED) is 0.794. The van der Waals surface area contributed by atoms with Crippen LogP contribution in [0.4, 0.5) is 4.39 Å². The van der Waals surface area contributed by atoms with Crippen LogP contribution in [0.15, 0.2) is 18.2 Å². The maximum atomic E-state index is 13.2. The number of carbonyl (C=O) groups is 1. The van der Waals surface area contributed by atoms with Crippen LogP contribution in [0.5, 0.6) is 5.75 Å². The first-order chi connectivity index (χ1) is 7.63. The first-order valence-electron chi connectivity index (χ1n) is 4.63. The highest BCUT2D eigenvalue weighted by molar-refractivity contribution is 5.69. The zero-order valence-corrected chi connectivity index (χ0v) is 8.79. The molecule has 0 saturated heterocycles. The van der Waals surface area contributed by atoms with Crippen molar-refractivity contribution in [3.8, 4) is 17.6 Å². The molecule has 4 heteroatoms. The van der Waals surface area contributed by atoms with Crippen LogP contribution in [0, 0.1) is 17.7 Å². The second-order valence-corrected chi connectivity index (χ2v) is 3.07. The summed E-state index contributed by atoms with van der Waals surface area (Å²) < 4.78 is 18.0. The number of benzene rings is 1. The van der Waals surface area contributed by atoms with E-state index in [1.165, 1.54) is 19.2 Å². The van der Waals surface area contributed by atoms with Gasteiger partial charge in [0.25, 0.3) is 0 Å². The number of carboxylic acids is 1. The number of hydrogen-bond acceptors (Lipinski definition) is 2. The Morgan fingerprint density at radius 1 is 1.50 bits per heavy atom. The Morgan fingerprint density at radius 3 is 2.81 bits per heavy atom. The average molecular weight is 222 g/mol. The molecule has 1 aromatic rings. The van der Waals surface area contributed by atoms with Gasteiger partial charge in [-0.15, -0.1) is 0 Å². The van der Waals surface area contributed by atoms with Gasteiger partial charge in [0.05, 0.1) is 7.11 Å². The third-order valence-electron chi connectivity index (χ3n) is 1.87. The number of methoxy groups -OCH3 is 1. The van der Waals surface area contributed by atoms with Gasteiger partial charge in [-0.25, -0.2) is 4.39 Å². The van der Waals surface area contributed by atoms with Crippen molar-refractivity contribution in [3.05, 3.63) is 29.6 Å². The van der Waals surface area contributed by atoms with Crippen LogP contribution in [0.25, 0.3) is 0 Å².